The molecule has 2 nitrogen and oxygen atoms in total. The van der Waals surface area contributed by atoms with E-state index in [1.54, 1.807) is 0 Å². The first-order chi connectivity index (χ1) is 15.3. The molecule has 4 aromatic rings. The Morgan fingerprint density at radius 2 is 1.68 bits per heavy atom. The van der Waals surface area contributed by atoms with Crippen molar-refractivity contribution >= 4 is 16.6 Å². The van der Waals surface area contributed by atoms with Crippen molar-refractivity contribution in [3.05, 3.63) is 107 Å². The molecule has 0 saturated carbocycles. The molecular formula is C29H30N2. The first-order valence-electron chi connectivity index (χ1n) is 11.6. The van der Waals surface area contributed by atoms with Crippen LogP contribution in [-0.2, 0) is 19.3 Å². The average molecular weight is 407 g/mol. The molecule has 1 aliphatic heterocycles. The van der Waals surface area contributed by atoms with Gasteiger partial charge in [-0.1, -0.05) is 74.0 Å². The van der Waals surface area contributed by atoms with E-state index in [2.05, 4.69) is 96.8 Å². The van der Waals surface area contributed by atoms with Gasteiger partial charge in [-0.3, -0.25) is 4.98 Å². The largest absolute Gasteiger partial charge is 0.364 e. The molecule has 0 saturated heterocycles. The molecule has 0 N–H and O–H groups in total. The zero-order valence-corrected chi connectivity index (χ0v) is 18.3. The molecule has 0 aliphatic carbocycles. The lowest BCUT2D eigenvalue weighted by Crippen LogP contribution is -2.36. The van der Waals surface area contributed by atoms with Crippen LogP contribution in [-0.4, -0.2) is 11.5 Å². The Hall–Kier alpha value is -3.13. The van der Waals surface area contributed by atoms with E-state index in [0.29, 0.717) is 6.04 Å². The number of aryl methyl sites for hydroxylation is 1. The van der Waals surface area contributed by atoms with Crippen LogP contribution in [0.3, 0.4) is 0 Å². The molecule has 0 amide bonds. The molecule has 2 heteroatoms. The highest BCUT2D eigenvalue weighted by atomic mass is 15.2. The molecule has 156 valence electrons. The number of hydrogen-bond acceptors (Lipinski definition) is 2. The van der Waals surface area contributed by atoms with Crippen LogP contribution in [0.15, 0.2) is 84.9 Å². The third kappa shape index (κ3) is 4.20. The van der Waals surface area contributed by atoms with Gasteiger partial charge in [-0.15, -0.1) is 0 Å². The minimum Gasteiger partial charge on any atom is -0.364 e. The summed E-state index contributed by atoms with van der Waals surface area (Å²) in [5.74, 6) is 0. The first-order valence-corrected chi connectivity index (χ1v) is 11.6. The predicted octanol–water partition coefficient (Wildman–Crippen LogP) is 6.92. The quantitative estimate of drug-likeness (QED) is 0.345. The van der Waals surface area contributed by atoms with Crippen LogP contribution in [0.5, 0.6) is 0 Å². The van der Waals surface area contributed by atoms with E-state index in [9.17, 15) is 0 Å². The molecule has 1 aromatic heterocycles. The van der Waals surface area contributed by atoms with Crippen molar-refractivity contribution in [1.82, 2.24) is 4.98 Å². The van der Waals surface area contributed by atoms with Crippen LogP contribution in [0.1, 0.15) is 48.2 Å². The lowest BCUT2D eigenvalue weighted by Gasteiger charge is -2.39. The van der Waals surface area contributed by atoms with Gasteiger partial charge in [0.2, 0.25) is 0 Å². The second kappa shape index (κ2) is 8.93. The molecule has 1 aliphatic rings. The van der Waals surface area contributed by atoms with Crippen LogP contribution in [0.4, 0.5) is 5.69 Å². The average Bonchev–Trinajstić information content (AvgIpc) is 2.83. The lowest BCUT2D eigenvalue weighted by molar-refractivity contribution is 0.574. The minimum absolute atomic E-state index is 0.306. The minimum atomic E-state index is 0.306. The van der Waals surface area contributed by atoms with E-state index in [1.807, 2.05) is 0 Å². The monoisotopic (exact) mass is 406 g/mol. The second-order valence-electron chi connectivity index (χ2n) is 8.63. The van der Waals surface area contributed by atoms with Gasteiger partial charge in [-0.05, 0) is 60.2 Å². The Morgan fingerprint density at radius 1 is 0.871 bits per heavy atom. The molecule has 0 radical (unpaired) electrons. The third-order valence-electron chi connectivity index (χ3n) is 6.56. The predicted molar refractivity (Wildman–Crippen MR) is 131 cm³/mol. The fourth-order valence-electron chi connectivity index (χ4n) is 4.84. The summed E-state index contributed by atoms with van der Waals surface area (Å²) in [6.45, 7) is 3.30. The van der Waals surface area contributed by atoms with Crippen molar-refractivity contribution in [3.8, 4) is 0 Å². The number of para-hydroxylation sites is 1. The number of pyridine rings is 1. The highest BCUT2D eigenvalue weighted by Gasteiger charge is 2.28. The van der Waals surface area contributed by atoms with Crippen LogP contribution in [0.25, 0.3) is 10.9 Å². The molecule has 31 heavy (non-hydrogen) atoms. The van der Waals surface area contributed by atoms with Crippen molar-refractivity contribution in [3.63, 3.8) is 0 Å². The number of anilines is 1. The second-order valence-corrected chi connectivity index (χ2v) is 8.63. The summed E-state index contributed by atoms with van der Waals surface area (Å²) in [5, 5.41) is 1.20. The number of hydrogen-bond donors (Lipinski definition) is 0. The maximum Gasteiger partial charge on any atom is 0.0705 e. The number of nitrogens with zero attached hydrogens (tertiary/aromatic N) is 2. The highest BCUT2D eigenvalue weighted by Crippen LogP contribution is 2.36. The maximum atomic E-state index is 4.99. The molecule has 3 aromatic carbocycles. The number of fused-ring (bicyclic) bond motifs is 2. The highest BCUT2D eigenvalue weighted by molar-refractivity contribution is 5.78. The Kier molecular flexibility index (Phi) is 5.71. The summed E-state index contributed by atoms with van der Waals surface area (Å²) in [6.07, 6.45) is 5.68. The topological polar surface area (TPSA) is 16.1 Å². The van der Waals surface area contributed by atoms with Gasteiger partial charge in [-0.25, -0.2) is 0 Å². The normalized spacial score (nSPS) is 15.8. The van der Waals surface area contributed by atoms with Gasteiger partial charge in [0.25, 0.3) is 0 Å². The lowest BCUT2D eigenvalue weighted by atomic mass is 9.89. The van der Waals surface area contributed by atoms with Gasteiger partial charge >= 0.3 is 0 Å². The van der Waals surface area contributed by atoms with Gasteiger partial charge in [0, 0.05) is 29.7 Å². The van der Waals surface area contributed by atoms with E-state index < -0.39 is 0 Å². The van der Waals surface area contributed by atoms with Gasteiger partial charge < -0.3 is 4.90 Å². The van der Waals surface area contributed by atoms with E-state index in [-0.39, 0.29) is 0 Å². The fourth-order valence-corrected chi connectivity index (χ4v) is 4.84. The molecule has 1 atom stereocenters. The van der Waals surface area contributed by atoms with E-state index in [0.717, 1.165) is 30.6 Å². The van der Waals surface area contributed by atoms with Crippen molar-refractivity contribution in [2.75, 3.05) is 11.4 Å². The van der Waals surface area contributed by atoms with Gasteiger partial charge in [0.05, 0.1) is 11.6 Å². The van der Waals surface area contributed by atoms with Gasteiger partial charge in [0.1, 0.15) is 0 Å². The fraction of sp³-hybridized carbons (Fsp3) is 0.276. The summed E-state index contributed by atoms with van der Waals surface area (Å²) >= 11 is 0. The van der Waals surface area contributed by atoms with Crippen LogP contribution < -0.4 is 4.90 Å². The Bertz CT molecular complexity index is 1160. The summed E-state index contributed by atoms with van der Waals surface area (Å²) in [4.78, 5) is 7.58. The number of rotatable bonds is 6. The Labute approximate surface area is 185 Å². The first kappa shape index (κ1) is 19.8. The van der Waals surface area contributed by atoms with Crippen LogP contribution in [0, 0.1) is 0 Å². The zero-order valence-electron chi connectivity index (χ0n) is 18.3. The Morgan fingerprint density at radius 3 is 2.55 bits per heavy atom. The van der Waals surface area contributed by atoms with Crippen molar-refractivity contribution in [1.29, 1.82) is 0 Å². The number of benzene rings is 3. The van der Waals surface area contributed by atoms with Crippen molar-refractivity contribution in [2.24, 2.45) is 0 Å². The van der Waals surface area contributed by atoms with Crippen LogP contribution >= 0.6 is 0 Å². The molecule has 0 fully saturated rings. The molecule has 2 heterocycles. The van der Waals surface area contributed by atoms with E-state index >= 15 is 0 Å². The molecular weight excluding hydrogens is 376 g/mol. The van der Waals surface area contributed by atoms with Crippen LogP contribution in [0.2, 0.25) is 0 Å². The van der Waals surface area contributed by atoms with Crippen molar-refractivity contribution in [2.45, 2.75) is 45.1 Å². The van der Waals surface area contributed by atoms with Gasteiger partial charge in [0.15, 0.2) is 0 Å². The molecule has 0 spiro atoms. The summed E-state index contributed by atoms with van der Waals surface area (Å²) in [5.41, 5.74) is 7.92. The third-order valence-corrected chi connectivity index (χ3v) is 6.56. The molecule has 5 rings (SSSR count). The zero-order chi connectivity index (χ0) is 21.0. The van der Waals surface area contributed by atoms with Gasteiger partial charge in [-0.2, -0.15) is 0 Å². The number of aromatic nitrogens is 1. The molecule has 1 unspecified atom stereocenters. The summed E-state index contributed by atoms with van der Waals surface area (Å²) < 4.78 is 0. The molecule has 0 bridgehead atoms. The van der Waals surface area contributed by atoms with E-state index in [4.69, 9.17) is 4.98 Å². The standard InChI is InChI=1S/C29H30N2/c1-2-3-8-22-13-17-26(18-14-22)31-20-19-23-9-4-6-11-27(23)29(31)21-25-16-15-24-10-5-7-12-28(24)30-25/h4-7,9-18,29H,2-3,8,19-21H2,1H3. The Balaban J connectivity index is 1.48. The number of unbranched alkanes of at least 4 members (excludes halogenated alkanes) is 1. The van der Waals surface area contributed by atoms with Crippen molar-refractivity contribution < 1.29 is 0 Å². The summed E-state index contributed by atoms with van der Waals surface area (Å²) in [7, 11) is 0. The smallest absolute Gasteiger partial charge is 0.0705 e. The maximum absolute atomic E-state index is 4.99. The summed E-state index contributed by atoms with van der Waals surface area (Å²) in [6, 6.07) is 31.3. The SMILES string of the molecule is CCCCc1ccc(N2CCc3ccccc3C2Cc2ccc3ccccc3n2)cc1. The van der Waals surface area contributed by atoms with E-state index in [1.165, 1.54) is 47.0 Å².